The predicted octanol–water partition coefficient (Wildman–Crippen LogP) is 2.09. The summed E-state index contributed by atoms with van der Waals surface area (Å²) in [5.41, 5.74) is 6.67. The maximum atomic E-state index is 5.53. The first kappa shape index (κ1) is 13.6. The summed E-state index contributed by atoms with van der Waals surface area (Å²) in [6.45, 7) is 10.7. The molecule has 92 valence electrons. The third-order valence-corrected chi connectivity index (χ3v) is 3.94. The molecule has 1 unspecified atom stereocenters. The van der Waals surface area contributed by atoms with E-state index >= 15 is 0 Å². The highest BCUT2D eigenvalue weighted by molar-refractivity contribution is 7.09. The lowest BCUT2D eigenvalue weighted by molar-refractivity contribution is 0.288. The zero-order valence-corrected chi connectivity index (χ0v) is 11.4. The molecule has 0 aliphatic rings. The number of hydrogen-bond donors (Lipinski definition) is 1. The van der Waals surface area contributed by atoms with Gasteiger partial charge in [-0.1, -0.05) is 20.8 Å². The smallest absolute Gasteiger partial charge is 0.0969 e. The van der Waals surface area contributed by atoms with Gasteiger partial charge in [0, 0.05) is 24.3 Å². The SMILES string of the molecule is CCN(CC)CC(C)c1nc(CCN)cs1. The second-order valence-electron chi connectivity index (χ2n) is 4.10. The molecule has 0 saturated carbocycles. The Morgan fingerprint density at radius 2 is 2.12 bits per heavy atom. The van der Waals surface area contributed by atoms with Crippen LogP contribution < -0.4 is 5.73 Å². The number of nitrogens with two attached hydrogens (primary N) is 1. The fourth-order valence-corrected chi connectivity index (χ4v) is 2.66. The number of aromatic nitrogens is 1. The third-order valence-electron chi connectivity index (χ3n) is 2.82. The van der Waals surface area contributed by atoms with Gasteiger partial charge in [-0.3, -0.25) is 0 Å². The van der Waals surface area contributed by atoms with Crippen molar-refractivity contribution in [1.29, 1.82) is 0 Å². The molecule has 0 fully saturated rings. The molecule has 0 spiro atoms. The van der Waals surface area contributed by atoms with Crippen LogP contribution in [0.1, 0.15) is 37.4 Å². The van der Waals surface area contributed by atoms with Crippen LogP contribution in [0.4, 0.5) is 0 Å². The van der Waals surface area contributed by atoms with Crippen molar-refractivity contribution in [2.75, 3.05) is 26.2 Å². The van der Waals surface area contributed by atoms with E-state index in [0.717, 1.165) is 31.7 Å². The minimum atomic E-state index is 0.524. The van der Waals surface area contributed by atoms with Crippen LogP contribution in [-0.4, -0.2) is 36.1 Å². The minimum absolute atomic E-state index is 0.524. The maximum absolute atomic E-state index is 5.53. The molecular formula is C12H23N3S. The van der Waals surface area contributed by atoms with Crippen LogP contribution >= 0.6 is 11.3 Å². The van der Waals surface area contributed by atoms with Gasteiger partial charge in [0.25, 0.3) is 0 Å². The summed E-state index contributed by atoms with van der Waals surface area (Å²) >= 11 is 1.77. The van der Waals surface area contributed by atoms with Gasteiger partial charge in [-0.15, -0.1) is 11.3 Å². The largest absolute Gasteiger partial charge is 0.330 e. The van der Waals surface area contributed by atoms with E-state index in [2.05, 4.69) is 36.0 Å². The number of likely N-dealkylation sites (N-methyl/N-ethyl adjacent to an activating group) is 1. The van der Waals surface area contributed by atoms with E-state index in [1.54, 1.807) is 11.3 Å². The quantitative estimate of drug-likeness (QED) is 0.795. The summed E-state index contributed by atoms with van der Waals surface area (Å²) < 4.78 is 0. The Hall–Kier alpha value is -0.450. The third kappa shape index (κ3) is 3.85. The fraction of sp³-hybridized carbons (Fsp3) is 0.750. The van der Waals surface area contributed by atoms with Crippen molar-refractivity contribution in [3.8, 4) is 0 Å². The Kier molecular flexibility index (Phi) is 5.95. The summed E-state index contributed by atoms with van der Waals surface area (Å²) in [7, 11) is 0. The van der Waals surface area contributed by atoms with E-state index in [0.29, 0.717) is 12.5 Å². The molecule has 0 radical (unpaired) electrons. The topological polar surface area (TPSA) is 42.2 Å². The van der Waals surface area contributed by atoms with Gasteiger partial charge >= 0.3 is 0 Å². The molecule has 1 rings (SSSR count). The van der Waals surface area contributed by atoms with Crippen LogP contribution in [0.5, 0.6) is 0 Å². The molecule has 4 heteroatoms. The maximum Gasteiger partial charge on any atom is 0.0969 e. The van der Waals surface area contributed by atoms with E-state index in [9.17, 15) is 0 Å². The van der Waals surface area contributed by atoms with Gasteiger partial charge in [-0.2, -0.15) is 0 Å². The molecule has 16 heavy (non-hydrogen) atoms. The molecule has 0 bridgehead atoms. The molecular weight excluding hydrogens is 218 g/mol. The van der Waals surface area contributed by atoms with E-state index in [-0.39, 0.29) is 0 Å². The van der Waals surface area contributed by atoms with Crippen molar-refractivity contribution in [3.05, 3.63) is 16.1 Å². The number of thiazole rings is 1. The highest BCUT2D eigenvalue weighted by atomic mass is 32.1. The highest BCUT2D eigenvalue weighted by Crippen LogP contribution is 2.21. The lowest BCUT2D eigenvalue weighted by atomic mass is 10.2. The highest BCUT2D eigenvalue weighted by Gasteiger charge is 2.13. The van der Waals surface area contributed by atoms with Crippen molar-refractivity contribution in [3.63, 3.8) is 0 Å². The van der Waals surface area contributed by atoms with Crippen molar-refractivity contribution in [2.45, 2.75) is 33.1 Å². The molecule has 0 amide bonds. The molecule has 0 aliphatic heterocycles. The number of hydrogen-bond acceptors (Lipinski definition) is 4. The van der Waals surface area contributed by atoms with Gasteiger partial charge in [0.15, 0.2) is 0 Å². The van der Waals surface area contributed by atoms with Crippen molar-refractivity contribution < 1.29 is 0 Å². The van der Waals surface area contributed by atoms with E-state index in [1.165, 1.54) is 5.01 Å². The van der Waals surface area contributed by atoms with E-state index in [4.69, 9.17) is 5.73 Å². The molecule has 1 heterocycles. The summed E-state index contributed by atoms with van der Waals surface area (Å²) in [6.07, 6.45) is 0.897. The first-order valence-electron chi connectivity index (χ1n) is 6.07. The Bertz CT molecular complexity index is 294. The van der Waals surface area contributed by atoms with Crippen LogP contribution in [0.15, 0.2) is 5.38 Å². The average molecular weight is 241 g/mol. The molecule has 0 aliphatic carbocycles. The Morgan fingerprint density at radius 1 is 1.44 bits per heavy atom. The number of nitrogens with zero attached hydrogens (tertiary/aromatic N) is 2. The predicted molar refractivity (Wildman–Crippen MR) is 71.1 cm³/mol. The number of rotatable bonds is 7. The van der Waals surface area contributed by atoms with Gasteiger partial charge in [0.2, 0.25) is 0 Å². The van der Waals surface area contributed by atoms with Gasteiger partial charge in [0.1, 0.15) is 0 Å². The second kappa shape index (κ2) is 6.99. The summed E-state index contributed by atoms with van der Waals surface area (Å²) in [4.78, 5) is 7.07. The minimum Gasteiger partial charge on any atom is -0.330 e. The first-order valence-corrected chi connectivity index (χ1v) is 6.95. The molecule has 1 aromatic rings. The molecule has 3 nitrogen and oxygen atoms in total. The van der Waals surface area contributed by atoms with Crippen LogP contribution in [0.2, 0.25) is 0 Å². The fourth-order valence-electron chi connectivity index (χ4n) is 1.76. The summed E-state index contributed by atoms with van der Waals surface area (Å²) in [5.74, 6) is 0.524. The van der Waals surface area contributed by atoms with Crippen molar-refractivity contribution in [2.24, 2.45) is 5.73 Å². The molecule has 2 N–H and O–H groups in total. The Labute approximate surface area is 103 Å². The van der Waals surface area contributed by atoms with Crippen LogP contribution in [0.25, 0.3) is 0 Å². The Morgan fingerprint density at radius 3 is 2.69 bits per heavy atom. The average Bonchev–Trinajstić information content (AvgIpc) is 2.74. The van der Waals surface area contributed by atoms with Crippen molar-refractivity contribution in [1.82, 2.24) is 9.88 Å². The molecule has 1 atom stereocenters. The van der Waals surface area contributed by atoms with Gasteiger partial charge < -0.3 is 10.6 Å². The monoisotopic (exact) mass is 241 g/mol. The Balaban J connectivity index is 2.54. The van der Waals surface area contributed by atoms with Crippen LogP contribution in [0.3, 0.4) is 0 Å². The van der Waals surface area contributed by atoms with E-state index < -0.39 is 0 Å². The van der Waals surface area contributed by atoms with Gasteiger partial charge in [-0.05, 0) is 19.6 Å². The first-order chi connectivity index (χ1) is 7.71. The zero-order chi connectivity index (χ0) is 12.0. The summed E-state index contributed by atoms with van der Waals surface area (Å²) in [5, 5.41) is 3.39. The molecule has 0 saturated heterocycles. The van der Waals surface area contributed by atoms with E-state index in [1.807, 2.05) is 0 Å². The zero-order valence-electron chi connectivity index (χ0n) is 10.6. The molecule has 0 aromatic carbocycles. The standard InChI is InChI=1S/C12H23N3S/c1-4-15(5-2)8-10(3)12-14-11(6-7-13)9-16-12/h9-10H,4-8,13H2,1-3H3. The lowest BCUT2D eigenvalue weighted by Crippen LogP contribution is -2.27. The second-order valence-corrected chi connectivity index (χ2v) is 4.99. The molecule has 1 aromatic heterocycles. The van der Waals surface area contributed by atoms with Crippen LogP contribution in [0, 0.1) is 0 Å². The van der Waals surface area contributed by atoms with Gasteiger partial charge in [0.05, 0.1) is 10.7 Å². The van der Waals surface area contributed by atoms with Crippen LogP contribution in [-0.2, 0) is 6.42 Å². The van der Waals surface area contributed by atoms with Crippen molar-refractivity contribution >= 4 is 11.3 Å². The lowest BCUT2D eigenvalue weighted by Gasteiger charge is -2.21. The van der Waals surface area contributed by atoms with Gasteiger partial charge in [-0.25, -0.2) is 4.98 Å². The normalized spacial score (nSPS) is 13.3. The summed E-state index contributed by atoms with van der Waals surface area (Å²) in [6, 6.07) is 0.